The maximum atomic E-state index is 12.3. The standard InChI is InChI=1S/C14H22N4O3.C7H8.CH2O2/c15-11(19)7-10-1-5-17(8-10)12(20)9-18-6-4-16-14(2-3-14)13(18)21;1-7-5-3-2-4-6-7;2-1-3/h10,16H,1-9H2,(H2,15,19);2-6H,1H3;1H,(H,2,3). The molecule has 1 atom stereocenters. The van der Waals surface area contributed by atoms with Crippen molar-refractivity contribution >= 4 is 24.2 Å². The van der Waals surface area contributed by atoms with Gasteiger partial charge in [0.1, 0.15) is 0 Å². The zero-order chi connectivity index (χ0) is 22.9. The van der Waals surface area contributed by atoms with E-state index in [1.165, 1.54) is 5.56 Å². The Hall–Kier alpha value is -2.94. The number of carbonyl (C=O) groups is 4. The third kappa shape index (κ3) is 7.36. The van der Waals surface area contributed by atoms with Gasteiger partial charge in [0.2, 0.25) is 17.7 Å². The van der Waals surface area contributed by atoms with Gasteiger partial charge in [-0.3, -0.25) is 19.2 Å². The van der Waals surface area contributed by atoms with E-state index in [-0.39, 0.29) is 42.2 Å². The summed E-state index contributed by atoms with van der Waals surface area (Å²) in [5.74, 6) is -0.106. The maximum absolute atomic E-state index is 12.3. The summed E-state index contributed by atoms with van der Waals surface area (Å²) in [6, 6.07) is 10.3. The van der Waals surface area contributed by atoms with E-state index in [9.17, 15) is 14.4 Å². The van der Waals surface area contributed by atoms with Crippen LogP contribution in [0.1, 0.15) is 31.2 Å². The van der Waals surface area contributed by atoms with Gasteiger partial charge in [-0.1, -0.05) is 35.9 Å². The summed E-state index contributed by atoms with van der Waals surface area (Å²) in [4.78, 5) is 47.3. The molecule has 3 amide bonds. The summed E-state index contributed by atoms with van der Waals surface area (Å²) in [5.41, 5.74) is 6.15. The third-order valence-corrected chi connectivity index (χ3v) is 5.69. The Morgan fingerprint density at radius 3 is 2.42 bits per heavy atom. The lowest BCUT2D eigenvalue weighted by atomic mass is 10.1. The molecular formula is C22H32N4O5. The summed E-state index contributed by atoms with van der Waals surface area (Å²) >= 11 is 0. The van der Waals surface area contributed by atoms with Crippen LogP contribution in [0.4, 0.5) is 0 Å². The molecule has 0 radical (unpaired) electrons. The molecule has 0 bridgehead atoms. The molecule has 1 spiro atoms. The van der Waals surface area contributed by atoms with Crippen LogP contribution in [-0.2, 0) is 19.2 Å². The van der Waals surface area contributed by atoms with Crippen LogP contribution < -0.4 is 11.1 Å². The smallest absolute Gasteiger partial charge is 0.290 e. The lowest BCUT2D eigenvalue weighted by Gasteiger charge is -2.34. The van der Waals surface area contributed by atoms with Crippen LogP contribution in [-0.4, -0.2) is 77.4 Å². The summed E-state index contributed by atoms with van der Waals surface area (Å²) < 4.78 is 0. The molecule has 1 aromatic rings. The molecule has 1 aromatic carbocycles. The molecule has 3 aliphatic rings. The molecule has 9 nitrogen and oxygen atoms in total. The number of carbonyl (C=O) groups excluding carboxylic acids is 3. The van der Waals surface area contributed by atoms with Crippen LogP contribution >= 0.6 is 0 Å². The van der Waals surface area contributed by atoms with Crippen molar-refractivity contribution in [3.63, 3.8) is 0 Å². The van der Waals surface area contributed by atoms with Crippen LogP contribution in [0.3, 0.4) is 0 Å². The van der Waals surface area contributed by atoms with E-state index in [1.54, 1.807) is 9.80 Å². The highest BCUT2D eigenvalue weighted by atomic mass is 16.3. The summed E-state index contributed by atoms with van der Waals surface area (Å²) in [7, 11) is 0. The first-order valence-corrected chi connectivity index (χ1v) is 10.5. The Morgan fingerprint density at radius 1 is 1.26 bits per heavy atom. The van der Waals surface area contributed by atoms with Gasteiger partial charge in [0.15, 0.2) is 0 Å². The number of piperazine rings is 1. The molecule has 1 aliphatic carbocycles. The molecule has 170 valence electrons. The Bertz CT molecular complexity index is 766. The fourth-order valence-corrected chi connectivity index (χ4v) is 3.88. The second-order valence-corrected chi connectivity index (χ2v) is 8.16. The average molecular weight is 433 g/mol. The van der Waals surface area contributed by atoms with Crippen LogP contribution in [0.2, 0.25) is 0 Å². The van der Waals surface area contributed by atoms with Crippen molar-refractivity contribution in [1.29, 1.82) is 0 Å². The van der Waals surface area contributed by atoms with Crippen molar-refractivity contribution in [2.45, 2.75) is 38.1 Å². The van der Waals surface area contributed by atoms with Crippen molar-refractivity contribution in [3.05, 3.63) is 35.9 Å². The SMILES string of the molecule is Cc1ccccc1.NC(=O)CC1CCN(C(=O)CN2CCNC3(CC3)C2=O)C1.O=CO. The predicted molar refractivity (Wildman–Crippen MR) is 115 cm³/mol. The number of nitrogens with two attached hydrogens (primary N) is 1. The zero-order valence-corrected chi connectivity index (χ0v) is 18.0. The molecule has 31 heavy (non-hydrogen) atoms. The van der Waals surface area contributed by atoms with E-state index in [2.05, 4.69) is 24.4 Å². The van der Waals surface area contributed by atoms with Gasteiger partial charge < -0.3 is 26.0 Å². The molecule has 3 fully saturated rings. The predicted octanol–water partition coefficient (Wildman–Crippen LogP) is 0.371. The van der Waals surface area contributed by atoms with E-state index < -0.39 is 0 Å². The van der Waals surface area contributed by atoms with E-state index in [1.807, 2.05) is 18.2 Å². The third-order valence-electron chi connectivity index (χ3n) is 5.69. The lowest BCUT2D eigenvalue weighted by Crippen LogP contribution is -2.58. The number of hydrogen-bond donors (Lipinski definition) is 3. The Kier molecular flexibility index (Phi) is 8.99. The minimum absolute atomic E-state index is 0.0204. The van der Waals surface area contributed by atoms with Gasteiger partial charge in [0.05, 0.1) is 12.1 Å². The van der Waals surface area contributed by atoms with E-state index in [4.69, 9.17) is 15.6 Å². The monoisotopic (exact) mass is 432 g/mol. The van der Waals surface area contributed by atoms with Crippen molar-refractivity contribution in [2.24, 2.45) is 11.7 Å². The highest BCUT2D eigenvalue weighted by Crippen LogP contribution is 2.38. The van der Waals surface area contributed by atoms with Crippen molar-refractivity contribution in [3.8, 4) is 0 Å². The largest absolute Gasteiger partial charge is 0.483 e. The molecular weight excluding hydrogens is 400 g/mol. The van der Waals surface area contributed by atoms with E-state index in [0.717, 1.165) is 25.8 Å². The summed E-state index contributed by atoms with van der Waals surface area (Å²) in [6.07, 6.45) is 2.90. The number of nitrogens with zero attached hydrogens (tertiary/aromatic N) is 2. The van der Waals surface area contributed by atoms with Gasteiger partial charge in [0.25, 0.3) is 6.47 Å². The Balaban J connectivity index is 0.000000284. The van der Waals surface area contributed by atoms with Gasteiger partial charge in [-0.2, -0.15) is 0 Å². The number of likely N-dealkylation sites (tertiary alicyclic amines) is 1. The quantitative estimate of drug-likeness (QED) is 0.589. The number of primary amides is 1. The molecule has 1 unspecified atom stereocenters. The van der Waals surface area contributed by atoms with E-state index in [0.29, 0.717) is 26.1 Å². The van der Waals surface area contributed by atoms with Crippen LogP contribution in [0, 0.1) is 12.8 Å². The van der Waals surface area contributed by atoms with Crippen LogP contribution in [0.15, 0.2) is 30.3 Å². The number of benzene rings is 1. The zero-order valence-electron chi connectivity index (χ0n) is 18.0. The first-order chi connectivity index (χ1) is 14.8. The molecule has 2 aliphatic heterocycles. The van der Waals surface area contributed by atoms with E-state index >= 15 is 0 Å². The van der Waals surface area contributed by atoms with Gasteiger partial charge >= 0.3 is 0 Å². The molecule has 0 aromatic heterocycles. The number of hydrogen-bond acceptors (Lipinski definition) is 5. The first kappa shape index (κ1) is 24.3. The Morgan fingerprint density at radius 2 is 1.90 bits per heavy atom. The second kappa shape index (κ2) is 11.5. The van der Waals surface area contributed by atoms with Crippen molar-refractivity contribution < 1.29 is 24.3 Å². The van der Waals surface area contributed by atoms with Crippen LogP contribution in [0.5, 0.6) is 0 Å². The number of aryl methyl sites for hydroxylation is 1. The molecule has 2 heterocycles. The average Bonchev–Trinajstić information content (AvgIpc) is 3.35. The summed E-state index contributed by atoms with van der Waals surface area (Å²) in [5, 5.41) is 10.1. The van der Waals surface area contributed by atoms with Crippen molar-refractivity contribution in [1.82, 2.24) is 15.1 Å². The molecule has 9 heteroatoms. The Labute approximate surface area is 182 Å². The molecule has 4 rings (SSSR count). The van der Waals surface area contributed by atoms with Crippen molar-refractivity contribution in [2.75, 3.05) is 32.7 Å². The number of carboxylic acid groups (broad SMARTS) is 1. The van der Waals surface area contributed by atoms with Gasteiger partial charge in [0, 0.05) is 32.6 Å². The number of rotatable bonds is 4. The number of nitrogens with one attached hydrogen (secondary N) is 1. The van der Waals surface area contributed by atoms with Gasteiger partial charge in [-0.25, -0.2) is 0 Å². The first-order valence-electron chi connectivity index (χ1n) is 10.5. The topological polar surface area (TPSA) is 133 Å². The normalized spacial score (nSPS) is 20.8. The molecule has 4 N–H and O–H groups in total. The lowest BCUT2D eigenvalue weighted by molar-refractivity contribution is -0.143. The highest BCUT2D eigenvalue weighted by Gasteiger charge is 2.53. The molecule has 2 saturated heterocycles. The second-order valence-electron chi connectivity index (χ2n) is 8.16. The highest BCUT2D eigenvalue weighted by molar-refractivity contribution is 5.93. The van der Waals surface area contributed by atoms with Gasteiger partial charge in [-0.15, -0.1) is 0 Å². The fraction of sp³-hybridized carbons (Fsp3) is 0.545. The van der Waals surface area contributed by atoms with Gasteiger partial charge in [-0.05, 0) is 32.1 Å². The number of amides is 3. The summed E-state index contributed by atoms with van der Waals surface area (Å²) in [6.45, 7) is 4.56. The maximum Gasteiger partial charge on any atom is 0.290 e. The minimum atomic E-state index is -0.363. The molecule has 1 saturated carbocycles. The fourth-order valence-electron chi connectivity index (χ4n) is 3.88. The van der Waals surface area contributed by atoms with Crippen LogP contribution in [0.25, 0.3) is 0 Å². The minimum Gasteiger partial charge on any atom is -0.483 e.